The van der Waals surface area contributed by atoms with E-state index in [0.29, 0.717) is 12.5 Å². The van der Waals surface area contributed by atoms with Gasteiger partial charge in [0.15, 0.2) is 0 Å². The summed E-state index contributed by atoms with van der Waals surface area (Å²) in [6.07, 6.45) is 1.87. The summed E-state index contributed by atoms with van der Waals surface area (Å²) >= 11 is 0. The molecule has 0 radical (unpaired) electrons. The molecule has 0 amide bonds. The lowest BCUT2D eigenvalue weighted by Gasteiger charge is -2.12. The molecule has 4 heteroatoms. The Balaban J connectivity index is 2.96. The third kappa shape index (κ3) is 5.51. The zero-order valence-electron chi connectivity index (χ0n) is 15.0. The van der Waals surface area contributed by atoms with Crippen LogP contribution in [0.2, 0.25) is 0 Å². The van der Waals surface area contributed by atoms with Crippen molar-refractivity contribution in [2.45, 2.75) is 41.5 Å². The highest BCUT2D eigenvalue weighted by Crippen LogP contribution is 2.23. The second kappa shape index (κ2) is 8.57. The standard InChI is InChI=1S/C18H29N3O/c1-8-21(7)12-19-18-10-14(4)17(9-15(18)5)16(6)20-22-11-13(2)3/h9-10,12-13H,8,11H2,1-7H3/b19-12+,20-16+. The number of aryl methyl sites for hydroxylation is 2. The Morgan fingerprint density at radius 3 is 2.55 bits per heavy atom. The first-order valence-electron chi connectivity index (χ1n) is 7.87. The van der Waals surface area contributed by atoms with Crippen LogP contribution in [0.1, 0.15) is 44.4 Å². The number of benzene rings is 1. The molecule has 0 atom stereocenters. The molecule has 1 rings (SSSR count). The average Bonchev–Trinajstić information content (AvgIpc) is 2.46. The normalized spacial score (nSPS) is 12.3. The molecule has 0 saturated heterocycles. The van der Waals surface area contributed by atoms with Gasteiger partial charge in [-0.25, -0.2) is 4.99 Å². The maximum absolute atomic E-state index is 5.38. The molecule has 0 bridgehead atoms. The SMILES string of the molecule is CCN(C)/C=N/c1cc(C)c(/C(C)=N/OCC(C)C)cc1C. The lowest BCUT2D eigenvalue weighted by Crippen LogP contribution is -2.14. The van der Waals surface area contributed by atoms with Gasteiger partial charge in [-0.05, 0) is 56.9 Å². The van der Waals surface area contributed by atoms with Gasteiger partial charge in [0, 0.05) is 19.2 Å². The van der Waals surface area contributed by atoms with Gasteiger partial charge in [0.05, 0.1) is 17.7 Å². The van der Waals surface area contributed by atoms with Crippen LogP contribution in [0, 0.1) is 19.8 Å². The number of rotatable bonds is 7. The van der Waals surface area contributed by atoms with Crippen molar-refractivity contribution < 1.29 is 4.84 Å². The van der Waals surface area contributed by atoms with Gasteiger partial charge in [0.25, 0.3) is 0 Å². The maximum Gasteiger partial charge on any atom is 0.119 e. The van der Waals surface area contributed by atoms with Crippen LogP contribution in [-0.4, -0.2) is 37.1 Å². The third-order valence-corrected chi connectivity index (χ3v) is 3.43. The molecular formula is C18H29N3O. The highest BCUT2D eigenvalue weighted by Gasteiger charge is 2.07. The van der Waals surface area contributed by atoms with E-state index >= 15 is 0 Å². The summed E-state index contributed by atoms with van der Waals surface area (Å²) in [6.45, 7) is 14.0. The summed E-state index contributed by atoms with van der Waals surface area (Å²) in [5.74, 6) is 0.478. The Morgan fingerprint density at radius 2 is 1.95 bits per heavy atom. The van der Waals surface area contributed by atoms with Crippen LogP contribution < -0.4 is 0 Å². The fraction of sp³-hybridized carbons (Fsp3) is 0.556. The molecule has 0 heterocycles. The molecule has 122 valence electrons. The van der Waals surface area contributed by atoms with Crippen molar-refractivity contribution in [1.82, 2.24) is 4.90 Å². The Morgan fingerprint density at radius 1 is 1.27 bits per heavy atom. The second-order valence-corrected chi connectivity index (χ2v) is 6.14. The largest absolute Gasteiger partial charge is 0.395 e. The quantitative estimate of drug-likeness (QED) is 0.427. The minimum Gasteiger partial charge on any atom is -0.395 e. The van der Waals surface area contributed by atoms with Gasteiger partial charge >= 0.3 is 0 Å². The van der Waals surface area contributed by atoms with E-state index in [1.807, 2.05) is 20.3 Å². The molecule has 0 spiro atoms. The van der Waals surface area contributed by atoms with E-state index < -0.39 is 0 Å². The Bertz CT molecular complexity index is 548. The summed E-state index contributed by atoms with van der Waals surface area (Å²) in [5.41, 5.74) is 5.31. The topological polar surface area (TPSA) is 37.2 Å². The van der Waals surface area contributed by atoms with Crippen LogP contribution in [0.25, 0.3) is 0 Å². The van der Waals surface area contributed by atoms with Crippen LogP contribution in [0.5, 0.6) is 0 Å². The molecule has 0 aliphatic carbocycles. The second-order valence-electron chi connectivity index (χ2n) is 6.14. The molecule has 0 saturated carbocycles. The molecule has 0 aliphatic rings. The number of hydrogen-bond donors (Lipinski definition) is 0. The van der Waals surface area contributed by atoms with E-state index in [2.05, 4.69) is 61.8 Å². The molecule has 0 aliphatic heterocycles. The number of aliphatic imine (C=N–C) groups is 1. The maximum atomic E-state index is 5.38. The molecule has 0 N–H and O–H groups in total. The van der Waals surface area contributed by atoms with Crippen LogP contribution in [0.4, 0.5) is 5.69 Å². The number of nitrogens with zero attached hydrogens (tertiary/aromatic N) is 3. The van der Waals surface area contributed by atoms with Crippen LogP contribution in [0.15, 0.2) is 22.3 Å². The molecule has 22 heavy (non-hydrogen) atoms. The van der Waals surface area contributed by atoms with Crippen molar-refractivity contribution in [3.8, 4) is 0 Å². The highest BCUT2D eigenvalue weighted by atomic mass is 16.6. The van der Waals surface area contributed by atoms with Gasteiger partial charge in [-0.2, -0.15) is 0 Å². The predicted molar refractivity (Wildman–Crippen MR) is 95.4 cm³/mol. The summed E-state index contributed by atoms with van der Waals surface area (Å²) in [5, 5.41) is 4.22. The lowest BCUT2D eigenvalue weighted by atomic mass is 10.0. The smallest absolute Gasteiger partial charge is 0.119 e. The molecule has 1 aromatic rings. The number of hydrogen-bond acceptors (Lipinski definition) is 3. The molecule has 0 unspecified atom stereocenters. The van der Waals surface area contributed by atoms with Crippen LogP contribution in [-0.2, 0) is 4.84 Å². The van der Waals surface area contributed by atoms with Gasteiger partial charge in [-0.3, -0.25) is 0 Å². The van der Waals surface area contributed by atoms with Gasteiger partial charge in [0.1, 0.15) is 6.61 Å². The first kappa shape index (κ1) is 18.2. The Labute approximate surface area is 134 Å². The highest BCUT2D eigenvalue weighted by molar-refractivity contribution is 6.00. The minimum absolute atomic E-state index is 0.478. The van der Waals surface area contributed by atoms with E-state index in [1.165, 1.54) is 0 Å². The average molecular weight is 303 g/mol. The summed E-state index contributed by atoms with van der Waals surface area (Å²) in [6, 6.07) is 4.23. The third-order valence-electron chi connectivity index (χ3n) is 3.43. The van der Waals surface area contributed by atoms with Gasteiger partial charge in [-0.15, -0.1) is 0 Å². The van der Waals surface area contributed by atoms with Crippen molar-refractivity contribution in [3.05, 3.63) is 28.8 Å². The molecule has 4 nitrogen and oxygen atoms in total. The first-order valence-corrected chi connectivity index (χ1v) is 7.87. The van der Waals surface area contributed by atoms with Crippen molar-refractivity contribution in [2.75, 3.05) is 20.2 Å². The monoisotopic (exact) mass is 303 g/mol. The number of oxime groups is 1. The van der Waals surface area contributed by atoms with Gasteiger partial charge in [-0.1, -0.05) is 19.0 Å². The molecular weight excluding hydrogens is 274 g/mol. The van der Waals surface area contributed by atoms with Crippen molar-refractivity contribution in [2.24, 2.45) is 16.1 Å². The summed E-state index contributed by atoms with van der Waals surface area (Å²) < 4.78 is 0. The summed E-state index contributed by atoms with van der Waals surface area (Å²) in [7, 11) is 2.02. The fourth-order valence-electron chi connectivity index (χ4n) is 1.90. The summed E-state index contributed by atoms with van der Waals surface area (Å²) in [4.78, 5) is 12.0. The van der Waals surface area contributed by atoms with Gasteiger partial charge < -0.3 is 9.74 Å². The molecule has 0 aromatic heterocycles. The Hall–Kier alpha value is -1.84. The fourth-order valence-corrected chi connectivity index (χ4v) is 1.90. The minimum atomic E-state index is 0.478. The van der Waals surface area contributed by atoms with Crippen LogP contribution in [0.3, 0.4) is 0 Å². The van der Waals surface area contributed by atoms with E-state index in [0.717, 1.165) is 34.6 Å². The lowest BCUT2D eigenvalue weighted by molar-refractivity contribution is 0.118. The van der Waals surface area contributed by atoms with Crippen molar-refractivity contribution in [1.29, 1.82) is 0 Å². The van der Waals surface area contributed by atoms with E-state index in [9.17, 15) is 0 Å². The van der Waals surface area contributed by atoms with E-state index in [4.69, 9.17) is 4.84 Å². The molecule has 0 fully saturated rings. The van der Waals surface area contributed by atoms with Crippen molar-refractivity contribution >= 4 is 17.7 Å². The van der Waals surface area contributed by atoms with E-state index in [-0.39, 0.29) is 0 Å². The van der Waals surface area contributed by atoms with Crippen LogP contribution >= 0.6 is 0 Å². The van der Waals surface area contributed by atoms with E-state index in [1.54, 1.807) is 0 Å². The Kier molecular flexibility index (Phi) is 7.09. The zero-order valence-corrected chi connectivity index (χ0v) is 15.0. The predicted octanol–water partition coefficient (Wildman–Crippen LogP) is 4.31. The van der Waals surface area contributed by atoms with Crippen molar-refractivity contribution in [3.63, 3.8) is 0 Å². The molecule has 1 aromatic carbocycles. The van der Waals surface area contributed by atoms with Gasteiger partial charge in [0.2, 0.25) is 0 Å². The first-order chi connectivity index (χ1) is 10.3. The zero-order chi connectivity index (χ0) is 16.7.